The van der Waals surface area contributed by atoms with E-state index in [0.29, 0.717) is 41.8 Å². The van der Waals surface area contributed by atoms with Crippen LogP contribution in [0.25, 0.3) is 11.0 Å². The Morgan fingerprint density at radius 3 is 2.31 bits per heavy atom. The number of nitrogens with zero attached hydrogens (tertiary/aromatic N) is 1. The maximum Gasteiger partial charge on any atom is 0.430 e. The Kier molecular flexibility index (Phi) is 6.72. The largest absolute Gasteiger partial charge is 0.430 e. The van der Waals surface area contributed by atoms with Gasteiger partial charge in [-0.3, -0.25) is 4.79 Å². The van der Waals surface area contributed by atoms with Gasteiger partial charge in [-0.15, -0.1) is 0 Å². The first-order valence-corrected chi connectivity index (χ1v) is 12.0. The van der Waals surface area contributed by atoms with Crippen LogP contribution >= 0.6 is 0 Å². The first kappa shape index (κ1) is 27.2. The summed E-state index contributed by atoms with van der Waals surface area (Å²) in [5, 5.41) is 13.5. The first-order chi connectivity index (χ1) is 18.3. The van der Waals surface area contributed by atoms with Crippen molar-refractivity contribution in [3.05, 3.63) is 80.7 Å². The van der Waals surface area contributed by atoms with Crippen LogP contribution in [0.3, 0.4) is 0 Å². The average molecular weight is 556 g/mol. The normalized spacial score (nSPS) is 18.7. The van der Waals surface area contributed by atoms with Gasteiger partial charge in [-0.2, -0.15) is 26.3 Å². The molecule has 0 bridgehead atoms. The number of ether oxygens (including phenoxy) is 1. The second-order valence-corrected chi connectivity index (χ2v) is 9.43. The maximum absolute atomic E-state index is 13.1. The summed E-state index contributed by atoms with van der Waals surface area (Å²) < 4.78 is 90.2. The molecule has 0 aliphatic carbocycles. The lowest BCUT2D eigenvalue weighted by Gasteiger charge is -2.33. The van der Waals surface area contributed by atoms with Crippen molar-refractivity contribution >= 4 is 16.9 Å². The number of nitrogens with one attached hydrogen (secondary N) is 1. The van der Waals surface area contributed by atoms with Crippen molar-refractivity contribution in [2.45, 2.75) is 37.0 Å². The third-order valence-corrected chi connectivity index (χ3v) is 7.08. The standard InChI is InChI=1S/C26H22F6N2O5/c27-25(28,29)24(37,26(30,31)32)16-4-1-14(2-5-16)22(35)34-9-7-17-18-6-3-15(21-12-33-8-10-38-21)11-20(18)39-23(36)19(17)13-34/h1-6,11,21,33,37H,7-10,12-13H2. The number of alkyl halides is 6. The molecule has 1 amide bonds. The molecule has 39 heavy (non-hydrogen) atoms. The van der Waals surface area contributed by atoms with E-state index < -0.39 is 35.0 Å². The molecular formula is C26H22F6N2O5. The van der Waals surface area contributed by atoms with Crippen LogP contribution in [0.15, 0.2) is 51.7 Å². The topological polar surface area (TPSA) is 92.0 Å². The van der Waals surface area contributed by atoms with Crippen molar-refractivity contribution in [1.29, 1.82) is 0 Å². The van der Waals surface area contributed by atoms with Gasteiger partial charge in [-0.25, -0.2) is 4.79 Å². The average Bonchev–Trinajstić information content (AvgIpc) is 2.91. The number of amides is 1. The third kappa shape index (κ3) is 4.68. The Balaban J connectivity index is 1.39. The highest BCUT2D eigenvalue weighted by atomic mass is 19.4. The smallest absolute Gasteiger partial charge is 0.422 e. The zero-order chi connectivity index (χ0) is 28.2. The minimum Gasteiger partial charge on any atom is -0.422 e. The van der Waals surface area contributed by atoms with Crippen LogP contribution in [0.1, 0.15) is 38.7 Å². The number of carbonyl (C=O) groups excluding carboxylic acids is 1. The van der Waals surface area contributed by atoms with E-state index in [4.69, 9.17) is 9.15 Å². The quantitative estimate of drug-likeness (QED) is 0.375. The van der Waals surface area contributed by atoms with Gasteiger partial charge >= 0.3 is 18.0 Å². The number of aliphatic hydroxyl groups is 1. The minimum absolute atomic E-state index is 0.151. The number of rotatable bonds is 3. The number of hydrogen-bond acceptors (Lipinski definition) is 6. The van der Waals surface area contributed by atoms with Crippen molar-refractivity contribution in [2.24, 2.45) is 0 Å². The molecule has 3 aromatic rings. The van der Waals surface area contributed by atoms with Crippen molar-refractivity contribution < 1.29 is 45.4 Å². The van der Waals surface area contributed by atoms with Crippen LogP contribution in [0, 0.1) is 0 Å². The molecule has 1 aromatic heterocycles. The maximum atomic E-state index is 13.1. The van der Waals surface area contributed by atoms with Crippen molar-refractivity contribution in [2.75, 3.05) is 26.2 Å². The van der Waals surface area contributed by atoms with Crippen molar-refractivity contribution in [1.82, 2.24) is 10.2 Å². The van der Waals surface area contributed by atoms with Crippen LogP contribution in [0.2, 0.25) is 0 Å². The van der Waals surface area contributed by atoms with Gasteiger partial charge in [0.1, 0.15) is 5.58 Å². The molecule has 3 heterocycles. The van der Waals surface area contributed by atoms with E-state index in [-0.39, 0.29) is 36.7 Å². The first-order valence-electron chi connectivity index (χ1n) is 12.0. The fourth-order valence-electron chi connectivity index (χ4n) is 4.96. The van der Waals surface area contributed by atoms with E-state index in [1.54, 1.807) is 6.07 Å². The predicted molar refractivity (Wildman–Crippen MR) is 125 cm³/mol. The fourth-order valence-corrected chi connectivity index (χ4v) is 4.96. The summed E-state index contributed by atoms with van der Waals surface area (Å²) in [4.78, 5) is 27.1. The number of carbonyl (C=O) groups is 1. The molecule has 1 fully saturated rings. The number of halogens is 6. The van der Waals surface area contributed by atoms with Gasteiger partial charge in [0.05, 0.1) is 24.8 Å². The van der Waals surface area contributed by atoms with Gasteiger partial charge in [-0.05, 0) is 35.7 Å². The minimum atomic E-state index is -6.04. The predicted octanol–water partition coefficient (Wildman–Crippen LogP) is 3.96. The second kappa shape index (κ2) is 9.65. The lowest BCUT2D eigenvalue weighted by atomic mass is 9.91. The lowest BCUT2D eigenvalue weighted by molar-refractivity contribution is -0.376. The molecule has 2 aliphatic rings. The summed E-state index contributed by atoms with van der Waals surface area (Å²) in [6.45, 7) is 1.91. The molecule has 2 aliphatic heterocycles. The summed E-state index contributed by atoms with van der Waals surface area (Å²) in [6.07, 6.45) is -12.0. The van der Waals surface area contributed by atoms with Crippen molar-refractivity contribution in [3.8, 4) is 0 Å². The Morgan fingerprint density at radius 1 is 1.00 bits per heavy atom. The molecule has 7 nitrogen and oxygen atoms in total. The summed E-state index contributed by atoms with van der Waals surface area (Å²) in [5.41, 5.74) is -5.25. The van der Waals surface area contributed by atoms with Crippen LogP contribution in [-0.4, -0.2) is 54.5 Å². The van der Waals surface area contributed by atoms with Gasteiger partial charge in [0.15, 0.2) is 0 Å². The van der Waals surface area contributed by atoms with Crippen molar-refractivity contribution in [3.63, 3.8) is 0 Å². The molecular weight excluding hydrogens is 534 g/mol. The number of morpholine rings is 1. The summed E-state index contributed by atoms with van der Waals surface area (Å²) in [5.74, 6) is -0.702. The summed E-state index contributed by atoms with van der Waals surface area (Å²) >= 11 is 0. The molecule has 1 atom stereocenters. The van der Waals surface area contributed by atoms with E-state index in [1.807, 2.05) is 12.1 Å². The highest BCUT2D eigenvalue weighted by Crippen LogP contribution is 2.50. The molecule has 0 spiro atoms. The van der Waals surface area contributed by atoms with E-state index in [2.05, 4.69) is 5.32 Å². The molecule has 1 saturated heterocycles. The molecule has 1 unspecified atom stereocenters. The summed E-state index contributed by atoms with van der Waals surface area (Å²) in [7, 11) is 0. The fraction of sp³-hybridized carbons (Fsp3) is 0.385. The molecule has 13 heteroatoms. The van der Waals surface area contributed by atoms with Crippen LogP contribution in [-0.2, 0) is 23.3 Å². The molecule has 208 valence electrons. The molecule has 5 rings (SSSR count). The molecule has 0 saturated carbocycles. The SMILES string of the molecule is O=C(c1ccc(C(O)(C(F)(F)F)C(F)(F)F)cc1)N1CCc2c(c(=O)oc3cc(C4CNCCO4)ccc23)C1. The molecule has 2 aromatic carbocycles. The third-order valence-electron chi connectivity index (χ3n) is 7.08. The zero-order valence-electron chi connectivity index (χ0n) is 20.2. The van der Waals surface area contributed by atoms with Gasteiger partial charge in [0.2, 0.25) is 0 Å². The second-order valence-electron chi connectivity index (χ2n) is 9.43. The summed E-state index contributed by atoms with van der Waals surface area (Å²) in [6, 6.07) is 7.83. The number of benzene rings is 2. The monoisotopic (exact) mass is 556 g/mol. The van der Waals surface area contributed by atoms with E-state index >= 15 is 0 Å². The highest BCUT2D eigenvalue weighted by molar-refractivity contribution is 5.94. The van der Waals surface area contributed by atoms with Gasteiger partial charge in [0.25, 0.3) is 11.5 Å². The zero-order valence-corrected chi connectivity index (χ0v) is 20.2. The highest BCUT2D eigenvalue weighted by Gasteiger charge is 2.71. The number of fused-ring (bicyclic) bond motifs is 3. The van der Waals surface area contributed by atoms with E-state index in [9.17, 15) is 41.0 Å². The Morgan fingerprint density at radius 2 is 1.69 bits per heavy atom. The van der Waals surface area contributed by atoms with Crippen LogP contribution in [0.5, 0.6) is 0 Å². The van der Waals surface area contributed by atoms with Gasteiger partial charge < -0.3 is 24.5 Å². The van der Waals surface area contributed by atoms with E-state index in [1.165, 1.54) is 4.90 Å². The van der Waals surface area contributed by atoms with Gasteiger partial charge in [-0.1, -0.05) is 24.3 Å². The molecule has 0 radical (unpaired) electrons. The Labute approximate surface area is 217 Å². The van der Waals surface area contributed by atoms with E-state index in [0.717, 1.165) is 24.2 Å². The Bertz CT molecular complexity index is 1450. The number of hydrogen-bond donors (Lipinski definition) is 2. The Hall–Kier alpha value is -3.42. The molecule has 2 N–H and O–H groups in total. The van der Waals surface area contributed by atoms with Crippen LogP contribution < -0.4 is 10.9 Å². The van der Waals surface area contributed by atoms with Gasteiger partial charge in [0, 0.05) is 36.1 Å². The van der Waals surface area contributed by atoms with Crippen LogP contribution in [0.4, 0.5) is 26.3 Å². The lowest BCUT2D eigenvalue weighted by Crippen LogP contribution is -2.53.